The van der Waals surface area contributed by atoms with E-state index in [0.29, 0.717) is 0 Å². The lowest BCUT2D eigenvalue weighted by atomic mass is 9.94. The molecule has 1 saturated heterocycles. The van der Waals surface area contributed by atoms with E-state index in [-0.39, 0.29) is 0 Å². The maximum absolute atomic E-state index is 4.42. The number of nitrogens with one attached hydrogen (secondary N) is 1. The van der Waals surface area contributed by atoms with Crippen LogP contribution in [0.3, 0.4) is 0 Å². The smallest absolute Gasteiger partial charge is 0.133 e. The van der Waals surface area contributed by atoms with E-state index < -0.39 is 0 Å². The van der Waals surface area contributed by atoms with Gasteiger partial charge in [0.25, 0.3) is 0 Å². The molecule has 0 radical (unpaired) electrons. The molecule has 4 nitrogen and oxygen atoms in total. The lowest BCUT2D eigenvalue weighted by Gasteiger charge is -2.22. The summed E-state index contributed by atoms with van der Waals surface area (Å²) in [5.74, 6) is 3.30. The van der Waals surface area contributed by atoms with Crippen LogP contribution in [0.1, 0.15) is 50.2 Å². The highest BCUT2D eigenvalue weighted by atomic mass is 15.3. The molecule has 100 valence electrons. The molecular weight excluding hydrogens is 224 g/mol. The highest BCUT2D eigenvalue weighted by Crippen LogP contribution is 2.19. The van der Waals surface area contributed by atoms with Gasteiger partial charge in [-0.15, -0.1) is 10.2 Å². The van der Waals surface area contributed by atoms with Crippen molar-refractivity contribution in [3.05, 3.63) is 11.6 Å². The molecule has 0 saturated carbocycles. The Bertz CT molecular complexity index is 379. The number of fused-ring (bicyclic) bond motifs is 1. The number of rotatable bonds is 3. The second-order valence-electron chi connectivity index (χ2n) is 5.75. The van der Waals surface area contributed by atoms with E-state index in [4.69, 9.17) is 0 Å². The third kappa shape index (κ3) is 2.74. The minimum atomic E-state index is 0.845. The van der Waals surface area contributed by atoms with Gasteiger partial charge in [0.15, 0.2) is 0 Å². The first-order valence-electron chi connectivity index (χ1n) is 7.55. The standard InChI is InChI=1S/C14H24N4/c1-2-6-13-16-17-14(18(13)10-3-1)8-7-12-5-4-9-15-11-12/h12,15H,1-11H2. The average Bonchev–Trinajstić information content (AvgIpc) is 2.65. The van der Waals surface area contributed by atoms with Crippen molar-refractivity contribution in [3.8, 4) is 0 Å². The summed E-state index contributed by atoms with van der Waals surface area (Å²) in [6, 6.07) is 0. The third-order valence-corrected chi connectivity index (χ3v) is 4.36. The van der Waals surface area contributed by atoms with Crippen molar-refractivity contribution in [3.63, 3.8) is 0 Å². The molecule has 0 aromatic carbocycles. The van der Waals surface area contributed by atoms with Crippen LogP contribution in [0, 0.1) is 5.92 Å². The molecule has 2 aliphatic heterocycles. The third-order valence-electron chi connectivity index (χ3n) is 4.36. The molecule has 1 atom stereocenters. The van der Waals surface area contributed by atoms with E-state index >= 15 is 0 Å². The Morgan fingerprint density at radius 1 is 1.17 bits per heavy atom. The molecule has 0 spiro atoms. The highest BCUT2D eigenvalue weighted by Gasteiger charge is 2.17. The van der Waals surface area contributed by atoms with E-state index in [0.717, 1.165) is 25.3 Å². The van der Waals surface area contributed by atoms with Gasteiger partial charge in [-0.2, -0.15) is 0 Å². The van der Waals surface area contributed by atoms with Gasteiger partial charge in [0.2, 0.25) is 0 Å². The van der Waals surface area contributed by atoms with Gasteiger partial charge in [-0.05, 0) is 51.1 Å². The van der Waals surface area contributed by atoms with Crippen molar-refractivity contribution in [2.24, 2.45) is 5.92 Å². The van der Waals surface area contributed by atoms with Crippen molar-refractivity contribution in [2.45, 2.75) is 57.9 Å². The number of aromatic nitrogens is 3. The van der Waals surface area contributed by atoms with Crippen LogP contribution in [-0.2, 0) is 19.4 Å². The molecule has 0 aliphatic carbocycles. The Balaban J connectivity index is 1.60. The van der Waals surface area contributed by atoms with E-state index in [1.807, 2.05) is 0 Å². The molecule has 0 bridgehead atoms. The molecule has 1 aromatic heterocycles. The molecule has 1 aromatic rings. The molecule has 4 heteroatoms. The van der Waals surface area contributed by atoms with E-state index in [2.05, 4.69) is 20.1 Å². The highest BCUT2D eigenvalue weighted by molar-refractivity contribution is 4.98. The molecule has 18 heavy (non-hydrogen) atoms. The molecule has 1 fully saturated rings. The summed E-state index contributed by atoms with van der Waals surface area (Å²) in [6.45, 7) is 3.54. The van der Waals surface area contributed by atoms with Crippen molar-refractivity contribution < 1.29 is 0 Å². The monoisotopic (exact) mass is 248 g/mol. The number of nitrogens with zero attached hydrogens (tertiary/aromatic N) is 3. The maximum atomic E-state index is 4.42. The maximum Gasteiger partial charge on any atom is 0.133 e. The van der Waals surface area contributed by atoms with Gasteiger partial charge in [0.05, 0.1) is 0 Å². The fourth-order valence-electron chi connectivity index (χ4n) is 3.23. The minimum Gasteiger partial charge on any atom is -0.316 e. The zero-order chi connectivity index (χ0) is 12.2. The van der Waals surface area contributed by atoms with Gasteiger partial charge in [-0.1, -0.05) is 6.42 Å². The largest absolute Gasteiger partial charge is 0.316 e. The Kier molecular flexibility index (Phi) is 3.93. The number of hydrogen-bond acceptors (Lipinski definition) is 3. The lowest BCUT2D eigenvalue weighted by Crippen LogP contribution is -2.30. The van der Waals surface area contributed by atoms with Crippen molar-refractivity contribution in [1.82, 2.24) is 20.1 Å². The fourth-order valence-corrected chi connectivity index (χ4v) is 3.23. The molecule has 0 amide bonds. The van der Waals surface area contributed by atoms with Crippen molar-refractivity contribution in [2.75, 3.05) is 13.1 Å². The van der Waals surface area contributed by atoms with E-state index in [1.54, 1.807) is 0 Å². The Morgan fingerprint density at radius 3 is 3.06 bits per heavy atom. The molecule has 1 unspecified atom stereocenters. The number of aryl methyl sites for hydroxylation is 2. The van der Waals surface area contributed by atoms with Gasteiger partial charge in [-0.25, -0.2) is 0 Å². The molecule has 2 aliphatic rings. The SMILES string of the molecule is C1CCc2nnc(CCC3CCCNC3)n2CC1. The van der Waals surface area contributed by atoms with Crippen LogP contribution in [0.2, 0.25) is 0 Å². The summed E-state index contributed by atoms with van der Waals surface area (Å²) >= 11 is 0. The molecular formula is C14H24N4. The van der Waals surface area contributed by atoms with Gasteiger partial charge < -0.3 is 9.88 Å². The van der Waals surface area contributed by atoms with Crippen LogP contribution >= 0.6 is 0 Å². The van der Waals surface area contributed by atoms with Gasteiger partial charge in [-0.3, -0.25) is 0 Å². The molecule has 3 heterocycles. The van der Waals surface area contributed by atoms with Crippen LogP contribution < -0.4 is 5.32 Å². The summed E-state index contributed by atoms with van der Waals surface area (Å²) in [6.07, 6.45) is 10.1. The van der Waals surface area contributed by atoms with Crippen LogP contribution in [0.15, 0.2) is 0 Å². The second kappa shape index (κ2) is 5.83. The summed E-state index contributed by atoms with van der Waals surface area (Å²) in [5.41, 5.74) is 0. The first-order chi connectivity index (χ1) is 8.93. The van der Waals surface area contributed by atoms with Crippen LogP contribution in [0.5, 0.6) is 0 Å². The average molecular weight is 248 g/mol. The Morgan fingerprint density at radius 2 is 2.17 bits per heavy atom. The molecule has 3 rings (SSSR count). The first kappa shape index (κ1) is 12.2. The van der Waals surface area contributed by atoms with Gasteiger partial charge in [0, 0.05) is 19.4 Å². The Hall–Kier alpha value is -0.900. The Labute approximate surface area is 109 Å². The van der Waals surface area contributed by atoms with Crippen molar-refractivity contribution in [1.29, 1.82) is 0 Å². The number of piperidine rings is 1. The van der Waals surface area contributed by atoms with Gasteiger partial charge >= 0.3 is 0 Å². The summed E-state index contributed by atoms with van der Waals surface area (Å²) < 4.78 is 2.39. The van der Waals surface area contributed by atoms with E-state index in [1.165, 1.54) is 63.3 Å². The predicted octanol–water partition coefficient (Wildman–Crippen LogP) is 1.94. The van der Waals surface area contributed by atoms with Crippen LogP contribution in [0.4, 0.5) is 0 Å². The number of hydrogen-bond donors (Lipinski definition) is 1. The van der Waals surface area contributed by atoms with Crippen LogP contribution in [-0.4, -0.2) is 27.9 Å². The van der Waals surface area contributed by atoms with Crippen LogP contribution in [0.25, 0.3) is 0 Å². The zero-order valence-corrected chi connectivity index (χ0v) is 11.2. The quantitative estimate of drug-likeness (QED) is 0.889. The second-order valence-corrected chi connectivity index (χ2v) is 5.75. The summed E-state index contributed by atoms with van der Waals surface area (Å²) in [4.78, 5) is 0. The summed E-state index contributed by atoms with van der Waals surface area (Å²) in [7, 11) is 0. The zero-order valence-electron chi connectivity index (χ0n) is 11.2. The van der Waals surface area contributed by atoms with E-state index in [9.17, 15) is 0 Å². The topological polar surface area (TPSA) is 42.7 Å². The fraction of sp³-hybridized carbons (Fsp3) is 0.857. The van der Waals surface area contributed by atoms with Crippen molar-refractivity contribution >= 4 is 0 Å². The first-order valence-corrected chi connectivity index (χ1v) is 7.55. The predicted molar refractivity (Wildman–Crippen MR) is 71.5 cm³/mol. The summed E-state index contributed by atoms with van der Waals surface area (Å²) in [5, 5.41) is 12.3. The normalized spacial score (nSPS) is 24.6. The minimum absolute atomic E-state index is 0.845. The lowest BCUT2D eigenvalue weighted by molar-refractivity contribution is 0.354. The van der Waals surface area contributed by atoms with Gasteiger partial charge in [0.1, 0.15) is 11.6 Å². The molecule has 1 N–H and O–H groups in total.